The van der Waals surface area contributed by atoms with Gasteiger partial charge in [0.15, 0.2) is 0 Å². The van der Waals surface area contributed by atoms with E-state index in [-0.39, 0.29) is 23.9 Å². The van der Waals surface area contributed by atoms with Gasteiger partial charge in [-0.2, -0.15) is 0 Å². The third-order valence-electron chi connectivity index (χ3n) is 3.72. The van der Waals surface area contributed by atoms with E-state index in [1.165, 1.54) is 12.1 Å². The minimum Gasteiger partial charge on any atom is -0.319 e. The van der Waals surface area contributed by atoms with Crippen molar-refractivity contribution in [2.45, 2.75) is 39.4 Å². The largest absolute Gasteiger partial charge is 0.319 e. The molecule has 3 nitrogen and oxygen atoms in total. The van der Waals surface area contributed by atoms with Crippen LogP contribution in [-0.2, 0) is 4.79 Å². The van der Waals surface area contributed by atoms with E-state index in [4.69, 9.17) is 0 Å². The normalized spacial score (nSPS) is 21.2. The predicted octanol–water partition coefficient (Wildman–Crippen LogP) is 2.69. The molecule has 1 aliphatic rings. The van der Waals surface area contributed by atoms with Crippen molar-refractivity contribution >= 4 is 5.91 Å². The number of hydrogen-bond donors (Lipinski definition) is 1. The number of rotatable bonds is 4. The molecular formula is C15H21FN2O. The van der Waals surface area contributed by atoms with Crippen LogP contribution >= 0.6 is 0 Å². The van der Waals surface area contributed by atoms with Crippen molar-refractivity contribution < 1.29 is 9.18 Å². The molecule has 0 radical (unpaired) electrons. The van der Waals surface area contributed by atoms with Gasteiger partial charge in [0.2, 0.25) is 5.91 Å². The van der Waals surface area contributed by atoms with Gasteiger partial charge in [0, 0.05) is 6.04 Å². The van der Waals surface area contributed by atoms with Crippen LogP contribution in [0.5, 0.6) is 0 Å². The number of carbonyl (C=O) groups excluding carboxylic acids is 1. The zero-order valence-electron chi connectivity index (χ0n) is 11.7. The van der Waals surface area contributed by atoms with Gasteiger partial charge in [0.05, 0.1) is 6.54 Å². The third-order valence-corrected chi connectivity index (χ3v) is 3.72. The topological polar surface area (TPSA) is 32.3 Å². The maximum absolute atomic E-state index is 13.4. The van der Waals surface area contributed by atoms with Crippen molar-refractivity contribution in [2.75, 3.05) is 6.54 Å². The lowest BCUT2D eigenvalue weighted by atomic mass is 9.98. The first-order valence-electron chi connectivity index (χ1n) is 6.84. The number of benzene rings is 1. The predicted molar refractivity (Wildman–Crippen MR) is 72.9 cm³/mol. The van der Waals surface area contributed by atoms with Crippen LogP contribution in [0.15, 0.2) is 24.3 Å². The van der Waals surface area contributed by atoms with Gasteiger partial charge < -0.3 is 4.90 Å². The average molecular weight is 264 g/mol. The van der Waals surface area contributed by atoms with E-state index in [1.54, 1.807) is 6.07 Å². The Labute approximate surface area is 113 Å². The molecule has 1 aromatic rings. The fourth-order valence-corrected chi connectivity index (χ4v) is 2.84. The van der Waals surface area contributed by atoms with E-state index in [9.17, 15) is 9.18 Å². The van der Waals surface area contributed by atoms with Crippen molar-refractivity contribution in [1.82, 2.24) is 10.2 Å². The van der Waals surface area contributed by atoms with E-state index in [0.717, 1.165) is 12.0 Å². The fourth-order valence-electron chi connectivity index (χ4n) is 2.84. The first-order valence-corrected chi connectivity index (χ1v) is 6.84. The standard InChI is InChI=1S/C15H21FN2O/c1-4-13(10(2)3)18-14(19)9-17-15(18)11-6-5-7-12(16)8-11/h5-8,10,13,15,17H,4,9H2,1-3H3. The average Bonchev–Trinajstić information content (AvgIpc) is 2.72. The smallest absolute Gasteiger partial charge is 0.238 e. The molecule has 0 aromatic heterocycles. The van der Waals surface area contributed by atoms with Gasteiger partial charge in [-0.1, -0.05) is 32.9 Å². The first kappa shape index (κ1) is 14.0. The number of halogens is 1. The quantitative estimate of drug-likeness (QED) is 0.907. The second-order valence-electron chi connectivity index (χ2n) is 5.36. The molecule has 1 aliphatic heterocycles. The molecule has 0 spiro atoms. The minimum absolute atomic E-state index is 0.0924. The van der Waals surface area contributed by atoms with Crippen LogP contribution in [0.3, 0.4) is 0 Å². The van der Waals surface area contributed by atoms with Gasteiger partial charge in [-0.3, -0.25) is 10.1 Å². The number of carbonyl (C=O) groups is 1. The molecule has 1 aromatic carbocycles. The highest BCUT2D eigenvalue weighted by Crippen LogP contribution is 2.29. The number of nitrogens with zero attached hydrogens (tertiary/aromatic N) is 1. The Kier molecular flexibility index (Phi) is 4.20. The molecule has 104 valence electrons. The summed E-state index contributed by atoms with van der Waals surface area (Å²) in [4.78, 5) is 14.0. The van der Waals surface area contributed by atoms with E-state index in [1.807, 2.05) is 11.0 Å². The second-order valence-corrected chi connectivity index (χ2v) is 5.36. The Morgan fingerprint density at radius 2 is 2.21 bits per heavy atom. The molecule has 2 atom stereocenters. The Bertz CT molecular complexity index is 461. The van der Waals surface area contributed by atoms with Crippen LogP contribution in [0.1, 0.15) is 38.9 Å². The maximum atomic E-state index is 13.4. The van der Waals surface area contributed by atoms with Crippen LogP contribution in [0.4, 0.5) is 4.39 Å². The summed E-state index contributed by atoms with van der Waals surface area (Å²) < 4.78 is 13.4. The molecule has 1 fully saturated rings. The highest BCUT2D eigenvalue weighted by atomic mass is 19.1. The molecule has 1 heterocycles. The molecule has 0 aliphatic carbocycles. The summed E-state index contributed by atoms with van der Waals surface area (Å²) in [7, 11) is 0. The van der Waals surface area contributed by atoms with Gasteiger partial charge >= 0.3 is 0 Å². The maximum Gasteiger partial charge on any atom is 0.238 e. The molecule has 0 saturated carbocycles. The summed E-state index contributed by atoms with van der Waals surface area (Å²) in [6.07, 6.45) is 0.687. The number of nitrogens with one attached hydrogen (secondary N) is 1. The van der Waals surface area contributed by atoms with Crippen LogP contribution in [0.2, 0.25) is 0 Å². The van der Waals surface area contributed by atoms with Crippen LogP contribution in [0.25, 0.3) is 0 Å². The Hall–Kier alpha value is -1.42. The first-order chi connectivity index (χ1) is 9.04. The molecule has 1 saturated heterocycles. The minimum atomic E-state index is -0.267. The molecule has 2 rings (SSSR count). The lowest BCUT2D eigenvalue weighted by Crippen LogP contribution is -2.42. The van der Waals surface area contributed by atoms with Crippen molar-refractivity contribution in [3.05, 3.63) is 35.6 Å². The van der Waals surface area contributed by atoms with E-state index >= 15 is 0 Å². The Morgan fingerprint density at radius 1 is 1.47 bits per heavy atom. The summed E-state index contributed by atoms with van der Waals surface area (Å²) in [6.45, 7) is 6.63. The second kappa shape index (κ2) is 5.70. The zero-order chi connectivity index (χ0) is 14.0. The van der Waals surface area contributed by atoms with Crippen LogP contribution in [-0.4, -0.2) is 23.4 Å². The van der Waals surface area contributed by atoms with Gasteiger partial charge in [-0.25, -0.2) is 4.39 Å². The van der Waals surface area contributed by atoms with Crippen molar-refractivity contribution in [2.24, 2.45) is 5.92 Å². The molecule has 2 unspecified atom stereocenters. The van der Waals surface area contributed by atoms with Gasteiger partial charge in [0.25, 0.3) is 0 Å². The van der Waals surface area contributed by atoms with Gasteiger partial charge in [0.1, 0.15) is 12.0 Å². The number of amides is 1. The van der Waals surface area contributed by atoms with Gasteiger partial charge in [-0.05, 0) is 30.0 Å². The van der Waals surface area contributed by atoms with Crippen LogP contribution < -0.4 is 5.32 Å². The third kappa shape index (κ3) is 2.78. The monoisotopic (exact) mass is 264 g/mol. The lowest BCUT2D eigenvalue weighted by Gasteiger charge is -2.35. The molecule has 19 heavy (non-hydrogen) atoms. The molecular weight excluding hydrogens is 243 g/mol. The van der Waals surface area contributed by atoms with Crippen molar-refractivity contribution in [1.29, 1.82) is 0 Å². The molecule has 4 heteroatoms. The van der Waals surface area contributed by atoms with E-state index in [2.05, 4.69) is 26.1 Å². The summed E-state index contributed by atoms with van der Waals surface area (Å²) in [5.74, 6) is 0.205. The van der Waals surface area contributed by atoms with Crippen molar-refractivity contribution in [3.8, 4) is 0 Å². The van der Waals surface area contributed by atoms with E-state index in [0.29, 0.717) is 12.5 Å². The van der Waals surface area contributed by atoms with Crippen molar-refractivity contribution in [3.63, 3.8) is 0 Å². The SMILES string of the molecule is CCC(C(C)C)N1C(=O)CNC1c1cccc(F)c1. The molecule has 1 amide bonds. The highest BCUT2D eigenvalue weighted by molar-refractivity contribution is 5.81. The Balaban J connectivity index is 2.31. The lowest BCUT2D eigenvalue weighted by molar-refractivity contribution is -0.131. The fraction of sp³-hybridized carbons (Fsp3) is 0.533. The number of hydrogen-bond acceptors (Lipinski definition) is 2. The summed E-state index contributed by atoms with van der Waals surface area (Å²) in [6, 6.07) is 6.64. The summed E-state index contributed by atoms with van der Waals surface area (Å²) >= 11 is 0. The Morgan fingerprint density at radius 3 is 2.79 bits per heavy atom. The van der Waals surface area contributed by atoms with Gasteiger partial charge in [-0.15, -0.1) is 0 Å². The molecule has 1 N–H and O–H groups in total. The van der Waals surface area contributed by atoms with Crippen LogP contribution in [0, 0.1) is 11.7 Å². The van der Waals surface area contributed by atoms with E-state index < -0.39 is 0 Å². The highest BCUT2D eigenvalue weighted by Gasteiger charge is 2.37. The summed E-state index contributed by atoms with van der Waals surface area (Å²) in [5, 5.41) is 3.18. The zero-order valence-corrected chi connectivity index (χ0v) is 11.7. The summed E-state index contributed by atoms with van der Waals surface area (Å²) in [5.41, 5.74) is 0.810. The molecule has 0 bridgehead atoms.